The molecular weight excluding hydrogens is 270 g/mol. The van der Waals surface area contributed by atoms with E-state index in [4.69, 9.17) is 0 Å². The average Bonchev–Trinajstić information content (AvgIpc) is 2.86. The predicted molar refractivity (Wildman–Crippen MR) is 84.5 cm³/mol. The summed E-state index contributed by atoms with van der Waals surface area (Å²) in [6.45, 7) is 9.81. The third-order valence-corrected chi connectivity index (χ3v) is 4.31. The van der Waals surface area contributed by atoms with Gasteiger partial charge in [-0.15, -0.1) is 11.3 Å². The molecule has 0 aliphatic rings. The van der Waals surface area contributed by atoms with Gasteiger partial charge < -0.3 is 9.88 Å². The molecule has 0 radical (unpaired) electrons. The molecule has 0 bridgehead atoms. The molecule has 4 nitrogen and oxygen atoms in total. The highest BCUT2D eigenvalue weighted by atomic mass is 32.1. The smallest absolute Gasteiger partial charge is 0.250 e. The van der Waals surface area contributed by atoms with E-state index < -0.39 is 0 Å². The van der Waals surface area contributed by atoms with Crippen LogP contribution in [-0.2, 0) is 18.5 Å². The molecule has 1 N–H and O–H groups in total. The minimum Gasteiger partial charge on any atom is -0.378 e. The number of hydrogen-bond donors (Lipinski definition) is 1. The van der Waals surface area contributed by atoms with Crippen LogP contribution in [0.15, 0.2) is 28.5 Å². The Morgan fingerprint density at radius 2 is 2.10 bits per heavy atom. The quantitative estimate of drug-likeness (QED) is 0.940. The van der Waals surface area contributed by atoms with E-state index in [9.17, 15) is 4.79 Å². The molecule has 0 aromatic carbocycles. The molecule has 2 heterocycles. The Morgan fingerprint density at radius 1 is 1.35 bits per heavy atom. The molecule has 20 heavy (non-hydrogen) atoms. The molecule has 0 saturated carbocycles. The molecule has 0 amide bonds. The van der Waals surface area contributed by atoms with Crippen molar-refractivity contribution in [2.24, 2.45) is 0 Å². The van der Waals surface area contributed by atoms with E-state index in [2.05, 4.69) is 36.5 Å². The Bertz CT molecular complexity index is 637. The standard InChI is InChI=1S/C15H21N3OS/c1-5-18-9-11(6-7-13(18)19)16-8-12-10-20-14(17-12)15(2,3)4/h6-7,9-10,16H,5,8H2,1-4H3. The molecule has 0 fully saturated rings. The number of anilines is 1. The van der Waals surface area contributed by atoms with Crippen LogP contribution in [0.4, 0.5) is 5.69 Å². The third kappa shape index (κ3) is 3.48. The van der Waals surface area contributed by atoms with Crippen molar-refractivity contribution in [3.8, 4) is 0 Å². The number of aromatic nitrogens is 2. The molecule has 0 unspecified atom stereocenters. The van der Waals surface area contributed by atoms with Crippen molar-refractivity contribution in [3.05, 3.63) is 44.8 Å². The first-order valence-corrected chi connectivity index (χ1v) is 7.67. The number of nitrogens with one attached hydrogen (secondary N) is 1. The van der Waals surface area contributed by atoms with Crippen molar-refractivity contribution in [1.29, 1.82) is 0 Å². The zero-order chi connectivity index (χ0) is 14.8. The summed E-state index contributed by atoms with van der Waals surface area (Å²) in [5, 5.41) is 6.54. The van der Waals surface area contributed by atoms with Crippen LogP contribution >= 0.6 is 11.3 Å². The van der Waals surface area contributed by atoms with E-state index in [0.717, 1.165) is 16.4 Å². The minimum absolute atomic E-state index is 0.0294. The molecule has 0 atom stereocenters. The maximum absolute atomic E-state index is 11.5. The lowest BCUT2D eigenvalue weighted by molar-refractivity contribution is 0.583. The van der Waals surface area contributed by atoms with Crippen LogP contribution in [0, 0.1) is 0 Å². The minimum atomic E-state index is 0.0294. The topological polar surface area (TPSA) is 46.9 Å². The van der Waals surface area contributed by atoms with E-state index in [1.54, 1.807) is 22.0 Å². The summed E-state index contributed by atoms with van der Waals surface area (Å²) in [6.07, 6.45) is 1.85. The fourth-order valence-corrected chi connectivity index (χ4v) is 2.72. The molecule has 5 heteroatoms. The number of nitrogens with zero attached hydrogens (tertiary/aromatic N) is 2. The van der Waals surface area contributed by atoms with Gasteiger partial charge in [0.25, 0.3) is 5.56 Å². The van der Waals surface area contributed by atoms with Gasteiger partial charge in [-0.2, -0.15) is 0 Å². The summed E-state index contributed by atoms with van der Waals surface area (Å²) >= 11 is 1.70. The van der Waals surface area contributed by atoms with Crippen LogP contribution in [0.25, 0.3) is 0 Å². The highest BCUT2D eigenvalue weighted by molar-refractivity contribution is 7.09. The second kappa shape index (κ2) is 5.79. The fourth-order valence-electron chi connectivity index (χ4n) is 1.81. The van der Waals surface area contributed by atoms with Gasteiger partial charge in [0, 0.05) is 29.6 Å². The average molecular weight is 291 g/mol. The van der Waals surface area contributed by atoms with Crippen LogP contribution in [0.3, 0.4) is 0 Å². The van der Waals surface area contributed by atoms with Gasteiger partial charge in [0.1, 0.15) is 0 Å². The van der Waals surface area contributed by atoms with Gasteiger partial charge in [-0.05, 0) is 13.0 Å². The largest absolute Gasteiger partial charge is 0.378 e. The van der Waals surface area contributed by atoms with Crippen molar-refractivity contribution in [3.63, 3.8) is 0 Å². The molecule has 2 aromatic heterocycles. The van der Waals surface area contributed by atoms with E-state index in [0.29, 0.717) is 13.1 Å². The van der Waals surface area contributed by atoms with E-state index in [1.165, 1.54) is 0 Å². The molecule has 0 spiro atoms. The Balaban J connectivity index is 2.05. The third-order valence-electron chi connectivity index (χ3n) is 2.99. The van der Waals surface area contributed by atoms with Crippen LogP contribution < -0.4 is 10.9 Å². The molecular formula is C15H21N3OS. The number of rotatable bonds is 4. The number of pyridine rings is 1. The summed E-state index contributed by atoms with van der Waals surface area (Å²) in [6, 6.07) is 3.40. The maximum Gasteiger partial charge on any atom is 0.250 e. The molecule has 0 aliphatic heterocycles. The van der Waals surface area contributed by atoms with Gasteiger partial charge in [-0.3, -0.25) is 4.79 Å². The van der Waals surface area contributed by atoms with Crippen molar-refractivity contribution in [2.75, 3.05) is 5.32 Å². The molecule has 0 aliphatic carbocycles. The lowest BCUT2D eigenvalue weighted by Crippen LogP contribution is -2.18. The molecule has 0 saturated heterocycles. The maximum atomic E-state index is 11.5. The second-order valence-electron chi connectivity index (χ2n) is 5.79. The molecule has 108 valence electrons. The van der Waals surface area contributed by atoms with Gasteiger partial charge in [-0.1, -0.05) is 20.8 Å². The van der Waals surface area contributed by atoms with Crippen molar-refractivity contribution < 1.29 is 0 Å². The summed E-state index contributed by atoms with van der Waals surface area (Å²) < 4.78 is 1.68. The van der Waals surface area contributed by atoms with Gasteiger partial charge in [0.15, 0.2) is 0 Å². The Kier molecular flexibility index (Phi) is 4.28. The molecule has 2 rings (SSSR count). The van der Waals surface area contributed by atoms with Crippen LogP contribution in [0.2, 0.25) is 0 Å². The number of hydrogen-bond acceptors (Lipinski definition) is 4. The first-order valence-electron chi connectivity index (χ1n) is 6.79. The van der Waals surface area contributed by atoms with E-state index >= 15 is 0 Å². The lowest BCUT2D eigenvalue weighted by Gasteiger charge is -2.13. The van der Waals surface area contributed by atoms with E-state index in [1.807, 2.05) is 19.2 Å². The first kappa shape index (κ1) is 14.8. The summed E-state index contributed by atoms with van der Waals surface area (Å²) in [7, 11) is 0. The van der Waals surface area contributed by atoms with Crippen molar-refractivity contribution >= 4 is 17.0 Å². The van der Waals surface area contributed by atoms with Crippen molar-refractivity contribution in [1.82, 2.24) is 9.55 Å². The normalized spacial score (nSPS) is 11.6. The van der Waals surface area contributed by atoms with Gasteiger partial charge in [0.05, 0.1) is 22.9 Å². The highest BCUT2D eigenvalue weighted by Crippen LogP contribution is 2.25. The zero-order valence-electron chi connectivity index (χ0n) is 12.4. The summed E-state index contributed by atoms with van der Waals surface area (Å²) in [4.78, 5) is 16.2. The predicted octanol–water partition coefficient (Wildman–Crippen LogP) is 3.23. The Hall–Kier alpha value is -1.62. The van der Waals surface area contributed by atoms with Crippen molar-refractivity contribution in [2.45, 2.75) is 46.2 Å². The fraction of sp³-hybridized carbons (Fsp3) is 0.467. The monoisotopic (exact) mass is 291 g/mol. The lowest BCUT2D eigenvalue weighted by atomic mass is 9.98. The van der Waals surface area contributed by atoms with Crippen LogP contribution in [-0.4, -0.2) is 9.55 Å². The van der Waals surface area contributed by atoms with E-state index in [-0.39, 0.29) is 11.0 Å². The highest BCUT2D eigenvalue weighted by Gasteiger charge is 2.17. The van der Waals surface area contributed by atoms with Gasteiger partial charge in [0.2, 0.25) is 0 Å². The Morgan fingerprint density at radius 3 is 2.70 bits per heavy atom. The van der Waals surface area contributed by atoms with Crippen LogP contribution in [0.1, 0.15) is 38.4 Å². The second-order valence-corrected chi connectivity index (χ2v) is 6.65. The van der Waals surface area contributed by atoms with Crippen LogP contribution in [0.5, 0.6) is 0 Å². The molecule has 2 aromatic rings. The summed E-state index contributed by atoms with van der Waals surface area (Å²) in [5.41, 5.74) is 2.10. The Labute approximate surface area is 123 Å². The first-order chi connectivity index (χ1) is 9.40. The summed E-state index contributed by atoms with van der Waals surface area (Å²) in [5.74, 6) is 0. The SMILES string of the molecule is CCn1cc(NCc2csc(C(C)(C)C)n2)ccc1=O. The zero-order valence-corrected chi connectivity index (χ0v) is 13.3. The number of thiazole rings is 1. The van der Waals surface area contributed by atoms with Gasteiger partial charge in [-0.25, -0.2) is 4.98 Å². The number of aryl methyl sites for hydroxylation is 1. The van der Waals surface area contributed by atoms with Gasteiger partial charge >= 0.3 is 0 Å².